The molecule has 4 heteroatoms. The Labute approximate surface area is 176 Å². The van der Waals surface area contributed by atoms with Crippen LogP contribution in [0.2, 0.25) is 0 Å². The summed E-state index contributed by atoms with van der Waals surface area (Å²) in [7, 11) is 1.42. The van der Waals surface area contributed by atoms with Crippen LogP contribution in [0.15, 0.2) is 84.9 Å². The van der Waals surface area contributed by atoms with Crippen LogP contribution in [0, 0.1) is 0 Å². The van der Waals surface area contributed by atoms with Crippen molar-refractivity contribution in [3.63, 3.8) is 0 Å². The number of methoxy groups -OCH3 is 1. The lowest BCUT2D eigenvalue weighted by Gasteiger charge is -2.17. The lowest BCUT2D eigenvalue weighted by Crippen LogP contribution is -2.83. The number of fused-ring (bicyclic) bond motifs is 1. The molecule has 0 unspecified atom stereocenters. The van der Waals surface area contributed by atoms with Gasteiger partial charge in [0.15, 0.2) is 0 Å². The van der Waals surface area contributed by atoms with Gasteiger partial charge in [0.1, 0.15) is 18.3 Å². The van der Waals surface area contributed by atoms with E-state index in [1.54, 1.807) is 0 Å². The summed E-state index contributed by atoms with van der Waals surface area (Å²) in [5.41, 5.74) is 5.25. The van der Waals surface area contributed by atoms with Gasteiger partial charge in [-0.25, -0.2) is 9.78 Å². The summed E-state index contributed by atoms with van der Waals surface area (Å²) in [6, 6.07) is 28.5. The first-order chi connectivity index (χ1) is 14.7. The highest BCUT2D eigenvalue weighted by Crippen LogP contribution is 2.33. The van der Waals surface area contributed by atoms with E-state index in [0.717, 1.165) is 27.7 Å². The molecule has 4 aromatic rings. The van der Waals surface area contributed by atoms with Crippen LogP contribution in [0.4, 0.5) is 0 Å². The minimum absolute atomic E-state index is 0.241. The topological polar surface area (TPSA) is 55.8 Å². The molecular weight excluding hydrogens is 372 g/mol. The first-order valence-corrected chi connectivity index (χ1v) is 10.1. The van der Waals surface area contributed by atoms with E-state index >= 15 is 0 Å². The minimum atomic E-state index is -0.358. The first kappa shape index (κ1) is 19.8. The van der Waals surface area contributed by atoms with Crippen molar-refractivity contribution in [1.29, 1.82) is 0 Å². The third-order valence-electron chi connectivity index (χ3n) is 5.41. The van der Waals surface area contributed by atoms with Crippen molar-refractivity contribution < 1.29 is 14.8 Å². The molecule has 1 heterocycles. The standard InChI is InChI=1S/C26H24N2O2/c1-18(19-11-5-3-6-12-19)27-17-23-25(26(29)30-2)24(20-13-7-4-8-14-20)21-15-9-10-16-22(21)28-23/h3-16,18,27H,17H2,1-2H3/p+1/t18-/m1/s1. The van der Waals surface area contributed by atoms with Gasteiger partial charge in [-0.3, -0.25) is 0 Å². The van der Waals surface area contributed by atoms with E-state index in [1.807, 2.05) is 72.8 Å². The maximum atomic E-state index is 12.9. The number of rotatable bonds is 6. The second kappa shape index (κ2) is 8.89. The second-order valence-electron chi connectivity index (χ2n) is 7.32. The number of pyridine rings is 1. The third-order valence-corrected chi connectivity index (χ3v) is 5.41. The Balaban J connectivity index is 1.83. The molecule has 1 aromatic heterocycles. The highest BCUT2D eigenvalue weighted by atomic mass is 16.5. The zero-order valence-electron chi connectivity index (χ0n) is 17.2. The van der Waals surface area contributed by atoms with Gasteiger partial charge in [-0.15, -0.1) is 0 Å². The van der Waals surface area contributed by atoms with Crippen molar-refractivity contribution in [2.75, 3.05) is 7.11 Å². The largest absolute Gasteiger partial charge is 0.465 e. The molecule has 4 rings (SSSR count). The summed E-state index contributed by atoms with van der Waals surface area (Å²) in [6.45, 7) is 2.73. The van der Waals surface area contributed by atoms with E-state index in [4.69, 9.17) is 9.72 Å². The van der Waals surface area contributed by atoms with Gasteiger partial charge in [-0.05, 0) is 18.6 Å². The van der Waals surface area contributed by atoms with Crippen molar-refractivity contribution in [3.05, 3.63) is 102 Å². The van der Waals surface area contributed by atoms with Crippen molar-refractivity contribution >= 4 is 16.9 Å². The molecule has 3 aromatic carbocycles. The Kier molecular flexibility index (Phi) is 5.87. The Morgan fingerprint density at radius 2 is 1.57 bits per heavy atom. The van der Waals surface area contributed by atoms with E-state index in [9.17, 15) is 4.79 Å². The molecule has 0 aliphatic rings. The van der Waals surface area contributed by atoms with Crippen LogP contribution >= 0.6 is 0 Å². The Bertz CT molecular complexity index is 1160. The molecule has 0 radical (unpaired) electrons. The molecule has 0 bridgehead atoms. The average molecular weight is 397 g/mol. The smallest absolute Gasteiger partial charge is 0.340 e. The highest BCUT2D eigenvalue weighted by molar-refractivity contribution is 6.07. The zero-order valence-corrected chi connectivity index (χ0v) is 17.2. The molecule has 0 amide bonds. The number of nitrogens with two attached hydrogens (primary N) is 1. The normalized spacial score (nSPS) is 11.9. The lowest BCUT2D eigenvalue weighted by molar-refractivity contribution is -0.708. The van der Waals surface area contributed by atoms with Crippen LogP contribution in [0.5, 0.6) is 0 Å². The van der Waals surface area contributed by atoms with Gasteiger partial charge < -0.3 is 10.1 Å². The third kappa shape index (κ3) is 3.95. The maximum absolute atomic E-state index is 12.9. The molecule has 2 N–H and O–H groups in total. The van der Waals surface area contributed by atoms with Gasteiger partial charge in [-0.1, -0.05) is 78.9 Å². The van der Waals surface area contributed by atoms with Crippen molar-refractivity contribution in [2.45, 2.75) is 19.5 Å². The van der Waals surface area contributed by atoms with E-state index in [-0.39, 0.29) is 12.0 Å². The maximum Gasteiger partial charge on any atom is 0.340 e. The number of nitrogens with zero attached hydrogens (tertiary/aromatic N) is 1. The highest BCUT2D eigenvalue weighted by Gasteiger charge is 2.24. The number of esters is 1. The van der Waals surface area contributed by atoms with Crippen LogP contribution in [0.1, 0.15) is 34.6 Å². The van der Waals surface area contributed by atoms with E-state index in [2.05, 4.69) is 24.4 Å². The first-order valence-electron chi connectivity index (χ1n) is 10.1. The fourth-order valence-electron chi connectivity index (χ4n) is 3.82. The average Bonchev–Trinajstić information content (AvgIpc) is 2.82. The molecule has 1 atom stereocenters. The number of carbonyl (C=O) groups excluding carboxylic acids is 1. The molecule has 4 nitrogen and oxygen atoms in total. The number of ether oxygens (including phenoxy) is 1. The number of quaternary nitrogens is 1. The lowest BCUT2D eigenvalue weighted by atomic mass is 9.94. The molecular formula is C26H25N2O2+. The molecule has 30 heavy (non-hydrogen) atoms. The molecule has 0 aliphatic carbocycles. The van der Waals surface area contributed by atoms with Gasteiger partial charge >= 0.3 is 5.97 Å². The molecule has 0 spiro atoms. The van der Waals surface area contributed by atoms with Gasteiger partial charge in [0.2, 0.25) is 0 Å². The summed E-state index contributed by atoms with van der Waals surface area (Å²) < 4.78 is 5.19. The van der Waals surface area contributed by atoms with Crippen LogP contribution in [0.3, 0.4) is 0 Å². The zero-order chi connectivity index (χ0) is 20.9. The monoisotopic (exact) mass is 397 g/mol. The molecule has 150 valence electrons. The van der Waals surface area contributed by atoms with Crippen molar-refractivity contribution in [2.24, 2.45) is 0 Å². The van der Waals surface area contributed by atoms with Crippen LogP contribution < -0.4 is 5.32 Å². The molecule has 0 saturated heterocycles. The van der Waals surface area contributed by atoms with Gasteiger partial charge in [0.25, 0.3) is 0 Å². The van der Waals surface area contributed by atoms with Crippen molar-refractivity contribution in [1.82, 2.24) is 4.98 Å². The fourth-order valence-corrected chi connectivity index (χ4v) is 3.82. The molecule has 0 saturated carbocycles. The van der Waals surface area contributed by atoms with E-state index in [0.29, 0.717) is 12.1 Å². The number of para-hydroxylation sites is 1. The number of hydrogen-bond acceptors (Lipinski definition) is 3. The summed E-state index contributed by atoms with van der Waals surface area (Å²) in [6.07, 6.45) is 0. The quantitative estimate of drug-likeness (QED) is 0.487. The predicted octanol–water partition coefficient (Wildman–Crippen LogP) is 4.51. The number of aromatic nitrogens is 1. The van der Waals surface area contributed by atoms with Gasteiger partial charge in [0.05, 0.1) is 18.2 Å². The predicted molar refractivity (Wildman–Crippen MR) is 119 cm³/mol. The Morgan fingerprint density at radius 3 is 2.27 bits per heavy atom. The van der Waals surface area contributed by atoms with Crippen molar-refractivity contribution in [3.8, 4) is 11.1 Å². The minimum Gasteiger partial charge on any atom is -0.465 e. The summed E-state index contributed by atoms with van der Waals surface area (Å²) in [5.74, 6) is -0.358. The summed E-state index contributed by atoms with van der Waals surface area (Å²) >= 11 is 0. The van der Waals surface area contributed by atoms with Crippen LogP contribution in [-0.2, 0) is 11.3 Å². The fraction of sp³-hybridized carbons (Fsp3) is 0.154. The van der Waals surface area contributed by atoms with Crippen LogP contribution in [0.25, 0.3) is 22.0 Å². The molecule has 0 fully saturated rings. The number of hydrogen-bond donors (Lipinski definition) is 1. The SMILES string of the molecule is COC(=O)c1c(C[NH2+][C@H](C)c2ccccc2)nc2ccccc2c1-c1ccccc1. The van der Waals surface area contributed by atoms with E-state index in [1.165, 1.54) is 12.7 Å². The van der Waals surface area contributed by atoms with Gasteiger partial charge in [0, 0.05) is 16.5 Å². The second-order valence-corrected chi connectivity index (χ2v) is 7.32. The molecule has 0 aliphatic heterocycles. The van der Waals surface area contributed by atoms with Crippen LogP contribution in [-0.4, -0.2) is 18.1 Å². The van der Waals surface area contributed by atoms with Gasteiger partial charge in [-0.2, -0.15) is 0 Å². The number of benzene rings is 3. The summed E-state index contributed by atoms with van der Waals surface area (Å²) in [4.78, 5) is 17.8. The Morgan fingerprint density at radius 1 is 0.933 bits per heavy atom. The Hall–Kier alpha value is -3.50. The van der Waals surface area contributed by atoms with E-state index < -0.39 is 0 Å². The number of carbonyl (C=O) groups is 1. The summed E-state index contributed by atoms with van der Waals surface area (Å²) in [5, 5.41) is 3.15.